The minimum Gasteiger partial charge on any atom is -0.274 e. The van der Waals surface area contributed by atoms with Crippen molar-refractivity contribution in [1.82, 2.24) is 0 Å². The van der Waals surface area contributed by atoms with E-state index in [9.17, 15) is 9.59 Å². The van der Waals surface area contributed by atoms with E-state index < -0.39 is 0 Å². The van der Waals surface area contributed by atoms with Crippen LogP contribution in [-0.4, -0.2) is 11.8 Å². The molecule has 1 aliphatic heterocycles. The van der Waals surface area contributed by atoms with Crippen molar-refractivity contribution in [2.45, 2.75) is 20.8 Å². The predicted octanol–water partition coefficient (Wildman–Crippen LogP) is 4.70. The number of rotatable bonds is 2. The minimum absolute atomic E-state index is 0.0307. The van der Waals surface area contributed by atoms with Crippen LogP contribution >= 0.6 is 0 Å². The summed E-state index contributed by atoms with van der Waals surface area (Å²) in [5.74, 6) is -0.566. The maximum Gasteiger partial charge on any atom is 0.238 e. The normalized spacial score (nSPS) is 27.7. The van der Waals surface area contributed by atoms with Gasteiger partial charge in [-0.2, -0.15) is 0 Å². The second kappa shape index (κ2) is 6.03. The van der Waals surface area contributed by atoms with Crippen molar-refractivity contribution in [2.75, 3.05) is 4.90 Å². The third-order valence-corrected chi connectivity index (χ3v) is 6.80. The number of nitrogens with zero attached hydrogens (tertiary/aromatic N) is 1. The molecule has 2 bridgehead atoms. The molecule has 0 N–H and O–H groups in total. The van der Waals surface area contributed by atoms with Crippen LogP contribution in [0.1, 0.15) is 23.6 Å². The molecule has 0 unspecified atom stereocenters. The molecule has 2 aliphatic carbocycles. The van der Waals surface area contributed by atoms with Crippen LogP contribution in [0.2, 0.25) is 0 Å². The van der Waals surface area contributed by atoms with Crippen LogP contribution in [0.4, 0.5) is 5.69 Å². The number of aryl methyl sites for hydroxylation is 2. The van der Waals surface area contributed by atoms with Crippen molar-refractivity contribution >= 4 is 23.1 Å². The zero-order chi connectivity index (χ0) is 19.6. The van der Waals surface area contributed by atoms with E-state index in [0.29, 0.717) is 5.69 Å². The first-order valence-corrected chi connectivity index (χ1v) is 9.88. The Kier molecular flexibility index (Phi) is 3.70. The Morgan fingerprint density at radius 3 is 2.00 bits per heavy atom. The number of hydrogen-bond acceptors (Lipinski definition) is 2. The Labute approximate surface area is 165 Å². The molecule has 3 nitrogen and oxygen atoms in total. The van der Waals surface area contributed by atoms with Crippen molar-refractivity contribution < 1.29 is 9.59 Å². The first-order chi connectivity index (χ1) is 13.5. The van der Waals surface area contributed by atoms with E-state index in [0.717, 1.165) is 11.1 Å². The lowest BCUT2D eigenvalue weighted by Crippen LogP contribution is -2.33. The molecule has 2 aromatic carbocycles. The van der Waals surface area contributed by atoms with Crippen molar-refractivity contribution in [3.8, 4) is 0 Å². The predicted molar refractivity (Wildman–Crippen MR) is 111 cm³/mol. The van der Waals surface area contributed by atoms with Gasteiger partial charge >= 0.3 is 0 Å². The standard InChI is InChI=1S/C25H23NO2/c1-14-9-10-18(13-15(14)2)26-24(27)22-19-11-12-20(23(22)25(26)28)21(19)16(3)17-7-5-4-6-8-17/h4-13,19-20,22-23H,1-3H3/t19-,20-,22-,23-/m1/s1. The summed E-state index contributed by atoms with van der Waals surface area (Å²) in [6.45, 7) is 6.17. The number of imide groups is 1. The number of fused-ring (bicyclic) bond motifs is 5. The second-order valence-corrected chi connectivity index (χ2v) is 8.21. The third-order valence-electron chi connectivity index (χ3n) is 6.80. The Morgan fingerprint density at radius 1 is 0.821 bits per heavy atom. The molecule has 0 aromatic heterocycles. The monoisotopic (exact) mass is 369 g/mol. The van der Waals surface area contributed by atoms with E-state index in [-0.39, 0.29) is 35.5 Å². The summed E-state index contributed by atoms with van der Waals surface area (Å²) < 4.78 is 0. The highest BCUT2D eigenvalue weighted by molar-refractivity contribution is 6.23. The lowest BCUT2D eigenvalue weighted by Gasteiger charge is -2.20. The van der Waals surface area contributed by atoms with Gasteiger partial charge in [-0.15, -0.1) is 0 Å². The van der Waals surface area contributed by atoms with Gasteiger partial charge in [0.15, 0.2) is 0 Å². The Morgan fingerprint density at radius 2 is 1.43 bits per heavy atom. The highest BCUT2D eigenvalue weighted by atomic mass is 16.2. The maximum atomic E-state index is 13.3. The van der Waals surface area contributed by atoms with Gasteiger partial charge in [0, 0.05) is 11.8 Å². The van der Waals surface area contributed by atoms with Crippen LogP contribution in [0.25, 0.3) is 5.57 Å². The fourth-order valence-corrected chi connectivity index (χ4v) is 5.24. The molecule has 3 heteroatoms. The van der Waals surface area contributed by atoms with Gasteiger partial charge in [-0.3, -0.25) is 9.59 Å². The van der Waals surface area contributed by atoms with Gasteiger partial charge in [0.2, 0.25) is 11.8 Å². The Hall–Kier alpha value is -2.94. The molecule has 2 aromatic rings. The molecule has 3 aliphatic rings. The third kappa shape index (κ3) is 2.22. The minimum atomic E-state index is -0.266. The molecule has 140 valence electrons. The van der Waals surface area contributed by atoms with Crippen LogP contribution in [-0.2, 0) is 9.59 Å². The average molecular weight is 369 g/mol. The fourth-order valence-electron chi connectivity index (χ4n) is 5.24. The van der Waals surface area contributed by atoms with Gasteiger partial charge < -0.3 is 0 Å². The number of benzene rings is 2. The first-order valence-electron chi connectivity index (χ1n) is 9.88. The molecular weight excluding hydrogens is 346 g/mol. The van der Waals surface area contributed by atoms with Crippen molar-refractivity contribution in [3.05, 3.63) is 82.9 Å². The Balaban J connectivity index is 1.55. The van der Waals surface area contributed by atoms with E-state index >= 15 is 0 Å². The van der Waals surface area contributed by atoms with Crippen LogP contribution in [0, 0.1) is 37.5 Å². The number of allylic oxidation sites excluding steroid dienone is 4. The first kappa shape index (κ1) is 17.2. The Bertz CT molecular complexity index is 1030. The molecule has 1 saturated carbocycles. The number of carbonyl (C=O) groups excluding carboxylic acids is 2. The highest BCUT2D eigenvalue weighted by Crippen LogP contribution is 2.58. The van der Waals surface area contributed by atoms with Gasteiger partial charge in [0.1, 0.15) is 0 Å². The van der Waals surface area contributed by atoms with Gasteiger partial charge in [0.05, 0.1) is 17.5 Å². The summed E-state index contributed by atoms with van der Waals surface area (Å²) >= 11 is 0. The molecule has 4 atom stereocenters. The highest BCUT2D eigenvalue weighted by Gasteiger charge is 2.62. The summed E-state index contributed by atoms with van der Waals surface area (Å²) in [6, 6.07) is 16.1. The largest absolute Gasteiger partial charge is 0.274 e. The van der Waals surface area contributed by atoms with Gasteiger partial charge in [-0.25, -0.2) is 4.90 Å². The molecule has 1 heterocycles. The molecule has 28 heavy (non-hydrogen) atoms. The molecule has 0 radical (unpaired) electrons. The maximum absolute atomic E-state index is 13.3. The topological polar surface area (TPSA) is 37.4 Å². The molecule has 2 amide bonds. The number of carbonyl (C=O) groups is 2. The zero-order valence-electron chi connectivity index (χ0n) is 16.3. The fraction of sp³-hybridized carbons (Fsp3) is 0.280. The lowest BCUT2D eigenvalue weighted by atomic mass is 9.85. The van der Waals surface area contributed by atoms with Crippen molar-refractivity contribution in [2.24, 2.45) is 23.7 Å². The van der Waals surface area contributed by atoms with Crippen LogP contribution in [0.5, 0.6) is 0 Å². The summed E-state index contributed by atoms with van der Waals surface area (Å²) in [4.78, 5) is 28.1. The molecule has 2 fully saturated rings. The van der Waals surface area contributed by atoms with Gasteiger partial charge in [-0.05, 0) is 55.2 Å². The quantitative estimate of drug-likeness (QED) is 0.568. The van der Waals surface area contributed by atoms with Crippen LogP contribution < -0.4 is 4.90 Å². The van der Waals surface area contributed by atoms with E-state index in [1.807, 2.05) is 50.2 Å². The van der Waals surface area contributed by atoms with E-state index in [1.165, 1.54) is 21.6 Å². The molecular formula is C25H23NO2. The smallest absolute Gasteiger partial charge is 0.238 e. The van der Waals surface area contributed by atoms with E-state index in [1.54, 1.807) is 0 Å². The summed E-state index contributed by atoms with van der Waals surface area (Å²) in [5.41, 5.74) is 6.58. The van der Waals surface area contributed by atoms with Crippen molar-refractivity contribution in [3.63, 3.8) is 0 Å². The zero-order valence-corrected chi connectivity index (χ0v) is 16.3. The molecule has 1 saturated heterocycles. The number of amides is 2. The van der Waals surface area contributed by atoms with E-state index in [2.05, 4.69) is 31.2 Å². The van der Waals surface area contributed by atoms with E-state index in [4.69, 9.17) is 0 Å². The van der Waals surface area contributed by atoms with Gasteiger partial charge in [0.25, 0.3) is 0 Å². The van der Waals surface area contributed by atoms with Gasteiger partial charge in [-0.1, -0.05) is 54.1 Å². The summed E-state index contributed by atoms with van der Waals surface area (Å²) in [7, 11) is 0. The SMILES string of the molecule is CC(=C1[C@H]2C=C[C@H]1[C@H]1C(=O)N(c3ccc(C)c(C)c3)C(=O)[C@@H]12)c1ccccc1. The number of hydrogen-bond donors (Lipinski definition) is 0. The summed E-state index contributed by atoms with van der Waals surface area (Å²) in [6.07, 6.45) is 4.28. The summed E-state index contributed by atoms with van der Waals surface area (Å²) in [5, 5.41) is 0. The second-order valence-electron chi connectivity index (χ2n) is 8.21. The lowest BCUT2D eigenvalue weighted by molar-refractivity contribution is -0.122. The van der Waals surface area contributed by atoms with Crippen molar-refractivity contribution in [1.29, 1.82) is 0 Å². The number of anilines is 1. The van der Waals surface area contributed by atoms with Crippen LogP contribution in [0.15, 0.2) is 66.3 Å². The van der Waals surface area contributed by atoms with Crippen LogP contribution in [0.3, 0.4) is 0 Å². The average Bonchev–Trinajstić information content (AvgIpc) is 3.34. The molecule has 5 rings (SSSR count). The molecule has 0 spiro atoms.